The van der Waals surface area contributed by atoms with Crippen LogP contribution < -0.4 is 0 Å². The molecule has 0 spiro atoms. The molecule has 15 heavy (non-hydrogen) atoms. The molecule has 2 atom stereocenters. The molecule has 0 amide bonds. The summed E-state index contributed by atoms with van der Waals surface area (Å²) >= 11 is 0. The first-order valence-electron chi connectivity index (χ1n) is 5.86. The molecule has 84 valence electrons. The van der Waals surface area contributed by atoms with Crippen LogP contribution in [0.25, 0.3) is 0 Å². The second kappa shape index (κ2) is 5.92. The summed E-state index contributed by atoms with van der Waals surface area (Å²) in [6.07, 6.45) is 2.65. The summed E-state index contributed by atoms with van der Waals surface area (Å²) in [4.78, 5) is 0. The molecular weight excluding hydrogens is 184 g/mol. The van der Waals surface area contributed by atoms with Crippen molar-refractivity contribution in [3.63, 3.8) is 0 Å². The maximum atomic E-state index is 9.93. The lowest BCUT2D eigenvalue weighted by atomic mass is 9.95. The molecule has 1 rings (SSSR count). The smallest absolute Gasteiger partial charge is 0.0583 e. The number of aliphatic hydroxyl groups excluding tert-OH is 1. The first-order chi connectivity index (χ1) is 7.13. The fourth-order valence-corrected chi connectivity index (χ4v) is 1.81. The molecule has 0 bridgehead atoms. The van der Waals surface area contributed by atoms with Crippen LogP contribution in [0.1, 0.15) is 37.8 Å². The fraction of sp³-hybridized carbons (Fsp3) is 0.571. The lowest BCUT2D eigenvalue weighted by Crippen LogP contribution is -2.14. The first kappa shape index (κ1) is 12.3. The fourth-order valence-electron chi connectivity index (χ4n) is 1.81. The predicted molar refractivity (Wildman–Crippen MR) is 65.0 cm³/mol. The Morgan fingerprint density at radius 1 is 1.27 bits per heavy atom. The predicted octanol–water partition coefficient (Wildman–Crippen LogP) is 3.33. The van der Waals surface area contributed by atoms with Gasteiger partial charge in [0.1, 0.15) is 0 Å². The van der Waals surface area contributed by atoms with Gasteiger partial charge in [-0.1, -0.05) is 44.5 Å². The van der Waals surface area contributed by atoms with Gasteiger partial charge in [0.2, 0.25) is 0 Å². The third-order valence-corrected chi connectivity index (χ3v) is 3.09. The molecule has 0 saturated heterocycles. The SMILES string of the molecule is CCC(C)CC(O)Cc1ccccc1C. The van der Waals surface area contributed by atoms with Gasteiger partial charge in [-0.3, -0.25) is 0 Å². The van der Waals surface area contributed by atoms with Crippen molar-refractivity contribution >= 4 is 0 Å². The van der Waals surface area contributed by atoms with Gasteiger partial charge in [0.15, 0.2) is 0 Å². The second-order valence-corrected chi connectivity index (χ2v) is 4.53. The summed E-state index contributed by atoms with van der Waals surface area (Å²) < 4.78 is 0. The Kier molecular flexibility index (Phi) is 4.83. The van der Waals surface area contributed by atoms with E-state index in [-0.39, 0.29) is 6.10 Å². The maximum Gasteiger partial charge on any atom is 0.0583 e. The van der Waals surface area contributed by atoms with E-state index in [1.165, 1.54) is 11.1 Å². The minimum atomic E-state index is -0.193. The average Bonchev–Trinajstić information content (AvgIpc) is 2.21. The van der Waals surface area contributed by atoms with Crippen LogP contribution in [0.3, 0.4) is 0 Å². The zero-order valence-corrected chi connectivity index (χ0v) is 10.0. The van der Waals surface area contributed by atoms with Crippen LogP contribution in [0.2, 0.25) is 0 Å². The number of benzene rings is 1. The topological polar surface area (TPSA) is 20.2 Å². The van der Waals surface area contributed by atoms with Crippen molar-refractivity contribution in [3.05, 3.63) is 35.4 Å². The zero-order chi connectivity index (χ0) is 11.3. The molecule has 0 heterocycles. The third-order valence-electron chi connectivity index (χ3n) is 3.09. The highest BCUT2D eigenvalue weighted by atomic mass is 16.3. The van der Waals surface area contributed by atoms with E-state index >= 15 is 0 Å². The summed E-state index contributed by atoms with van der Waals surface area (Å²) in [5, 5.41) is 9.93. The third kappa shape index (κ3) is 4.05. The van der Waals surface area contributed by atoms with Crippen LogP contribution in [0, 0.1) is 12.8 Å². The molecule has 0 aromatic heterocycles. The normalized spacial score (nSPS) is 14.9. The average molecular weight is 206 g/mol. The van der Waals surface area contributed by atoms with E-state index < -0.39 is 0 Å². The Bertz CT molecular complexity index is 293. The van der Waals surface area contributed by atoms with E-state index in [0.29, 0.717) is 5.92 Å². The zero-order valence-electron chi connectivity index (χ0n) is 10.0. The lowest BCUT2D eigenvalue weighted by molar-refractivity contribution is 0.144. The largest absolute Gasteiger partial charge is 0.393 e. The highest BCUT2D eigenvalue weighted by molar-refractivity contribution is 5.26. The minimum absolute atomic E-state index is 0.193. The van der Waals surface area contributed by atoms with Gasteiger partial charge in [0, 0.05) is 0 Å². The van der Waals surface area contributed by atoms with Gasteiger partial charge in [-0.25, -0.2) is 0 Å². The highest BCUT2D eigenvalue weighted by Gasteiger charge is 2.10. The van der Waals surface area contributed by atoms with Crippen molar-refractivity contribution in [2.24, 2.45) is 5.92 Å². The summed E-state index contributed by atoms with van der Waals surface area (Å²) in [5.41, 5.74) is 2.55. The van der Waals surface area contributed by atoms with Crippen LogP contribution in [0.4, 0.5) is 0 Å². The summed E-state index contributed by atoms with van der Waals surface area (Å²) in [6, 6.07) is 8.29. The molecule has 1 N–H and O–H groups in total. The van der Waals surface area contributed by atoms with Gasteiger partial charge in [0.25, 0.3) is 0 Å². The maximum absolute atomic E-state index is 9.93. The molecule has 1 nitrogen and oxygen atoms in total. The van der Waals surface area contributed by atoms with Gasteiger partial charge in [0.05, 0.1) is 6.10 Å². The Labute approximate surface area is 93.1 Å². The van der Waals surface area contributed by atoms with Crippen LogP contribution in [-0.2, 0) is 6.42 Å². The van der Waals surface area contributed by atoms with Crippen molar-refractivity contribution in [1.29, 1.82) is 0 Å². The molecule has 0 radical (unpaired) electrons. The second-order valence-electron chi connectivity index (χ2n) is 4.53. The number of hydrogen-bond donors (Lipinski definition) is 1. The van der Waals surface area contributed by atoms with E-state index in [4.69, 9.17) is 0 Å². The molecule has 1 aromatic carbocycles. The van der Waals surface area contributed by atoms with Gasteiger partial charge < -0.3 is 5.11 Å². The molecular formula is C14H22O. The first-order valence-corrected chi connectivity index (χ1v) is 5.86. The lowest BCUT2D eigenvalue weighted by Gasteiger charge is -2.16. The van der Waals surface area contributed by atoms with Crippen molar-refractivity contribution < 1.29 is 5.11 Å². The molecule has 0 aliphatic heterocycles. The standard InChI is InChI=1S/C14H22O/c1-4-11(2)9-14(15)10-13-8-6-5-7-12(13)3/h5-8,11,14-15H,4,9-10H2,1-3H3. The van der Waals surface area contributed by atoms with Crippen LogP contribution in [-0.4, -0.2) is 11.2 Å². The molecule has 0 aliphatic rings. The summed E-state index contributed by atoms with van der Waals surface area (Å²) in [7, 11) is 0. The molecule has 0 aliphatic carbocycles. The Balaban J connectivity index is 2.51. The van der Waals surface area contributed by atoms with E-state index in [2.05, 4.69) is 32.9 Å². The Morgan fingerprint density at radius 3 is 2.53 bits per heavy atom. The monoisotopic (exact) mass is 206 g/mol. The number of aryl methyl sites for hydroxylation is 1. The minimum Gasteiger partial charge on any atom is -0.393 e. The molecule has 1 aromatic rings. The van der Waals surface area contributed by atoms with Crippen LogP contribution in [0.15, 0.2) is 24.3 Å². The van der Waals surface area contributed by atoms with E-state index in [9.17, 15) is 5.11 Å². The van der Waals surface area contributed by atoms with Gasteiger partial charge in [-0.05, 0) is 36.8 Å². The quantitative estimate of drug-likeness (QED) is 0.783. The van der Waals surface area contributed by atoms with Gasteiger partial charge in [-0.2, -0.15) is 0 Å². The molecule has 2 unspecified atom stereocenters. The van der Waals surface area contributed by atoms with E-state index in [1.807, 2.05) is 12.1 Å². The number of hydrogen-bond acceptors (Lipinski definition) is 1. The summed E-state index contributed by atoms with van der Waals surface area (Å²) in [5.74, 6) is 0.615. The van der Waals surface area contributed by atoms with Crippen molar-refractivity contribution in [2.45, 2.75) is 46.1 Å². The van der Waals surface area contributed by atoms with Crippen molar-refractivity contribution in [3.8, 4) is 0 Å². The van der Waals surface area contributed by atoms with Crippen LogP contribution in [0.5, 0.6) is 0 Å². The highest BCUT2D eigenvalue weighted by Crippen LogP contribution is 2.15. The van der Waals surface area contributed by atoms with Gasteiger partial charge in [-0.15, -0.1) is 0 Å². The molecule has 1 heteroatoms. The molecule has 0 fully saturated rings. The van der Waals surface area contributed by atoms with Gasteiger partial charge >= 0.3 is 0 Å². The number of rotatable bonds is 5. The number of aliphatic hydroxyl groups is 1. The Hall–Kier alpha value is -0.820. The van der Waals surface area contributed by atoms with E-state index in [0.717, 1.165) is 19.3 Å². The Morgan fingerprint density at radius 2 is 1.93 bits per heavy atom. The van der Waals surface area contributed by atoms with Crippen molar-refractivity contribution in [1.82, 2.24) is 0 Å². The van der Waals surface area contributed by atoms with Crippen molar-refractivity contribution in [2.75, 3.05) is 0 Å². The van der Waals surface area contributed by atoms with Crippen LogP contribution >= 0.6 is 0 Å². The molecule has 0 saturated carbocycles. The van der Waals surface area contributed by atoms with E-state index in [1.54, 1.807) is 0 Å². The summed E-state index contributed by atoms with van der Waals surface area (Å²) in [6.45, 7) is 6.47.